The highest BCUT2D eigenvalue weighted by atomic mass is 19.1. The summed E-state index contributed by atoms with van der Waals surface area (Å²) in [5, 5.41) is 5.62. The molecule has 2 amide bonds. The molecule has 0 aromatic heterocycles. The van der Waals surface area contributed by atoms with Crippen LogP contribution in [-0.2, 0) is 16.1 Å². The Bertz CT molecular complexity index is 862. The smallest absolute Gasteiger partial charge is 0.228 e. The maximum absolute atomic E-state index is 13.6. The van der Waals surface area contributed by atoms with Crippen LogP contribution in [0.15, 0.2) is 48.5 Å². The van der Waals surface area contributed by atoms with Gasteiger partial charge >= 0.3 is 0 Å². The van der Waals surface area contributed by atoms with Crippen LogP contribution in [0.4, 0.5) is 15.8 Å². The first-order valence-electron chi connectivity index (χ1n) is 9.79. The fraction of sp³-hybridized carbons (Fsp3) is 0.364. The lowest BCUT2D eigenvalue weighted by atomic mass is 10.2. The van der Waals surface area contributed by atoms with Gasteiger partial charge in [-0.25, -0.2) is 4.39 Å². The van der Waals surface area contributed by atoms with E-state index < -0.39 is 0 Å². The molecule has 28 heavy (non-hydrogen) atoms. The molecule has 2 unspecified atom stereocenters. The number of nitrogens with zero attached hydrogens (tertiary/aromatic N) is 1. The van der Waals surface area contributed by atoms with E-state index in [4.69, 9.17) is 0 Å². The zero-order chi connectivity index (χ0) is 19.5. The van der Waals surface area contributed by atoms with Crippen molar-refractivity contribution in [3.05, 3.63) is 59.9 Å². The van der Waals surface area contributed by atoms with Crippen LogP contribution in [-0.4, -0.2) is 24.9 Å². The summed E-state index contributed by atoms with van der Waals surface area (Å²) in [6.45, 7) is 2.29. The molecule has 2 fully saturated rings. The van der Waals surface area contributed by atoms with Gasteiger partial charge in [-0.05, 0) is 49.6 Å². The number of hydrogen-bond acceptors (Lipinski definition) is 3. The van der Waals surface area contributed by atoms with Gasteiger partial charge in [-0.2, -0.15) is 0 Å². The molecule has 1 aliphatic carbocycles. The van der Waals surface area contributed by atoms with Gasteiger partial charge in [0.2, 0.25) is 11.8 Å². The Kier molecular flexibility index (Phi) is 5.28. The van der Waals surface area contributed by atoms with Crippen LogP contribution in [0.3, 0.4) is 0 Å². The Morgan fingerprint density at radius 3 is 2.36 bits per heavy atom. The second-order valence-corrected chi connectivity index (χ2v) is 7.49. The number of halogens is 1. The van der Waals surface area contributed by atoms with Crippen molar-refractivity contribution >= 4 is 23.2 Å². The van der Waals surface area contributed by atoms with Gasteiger partial charge in [-0.1, -0.05) is 18.2 Å². The number of carbonyl (C=O) groups excluding carboxylic acids is 2. The fourth-order valence-corrected chi connectivity index (χ4v) is 3.70. The Labute approximate surface area is 163 Å². The van der Waals surface area contributed by atoms with E-state index in [9.17, 15) is 14.0 Å². The maximum Gasteiger partial charge on any atom is 0.228 e. The third-order valence-electron chi connectivity index (χ3n) is 5.48. The molecule has 2 N–H and O–H groups in total. The van der Waals surface area contributed by atoms with Crippen LogP contribution in [0.5, 0.6) is 0 Å². The number of amides is 2. The predicted molar refractivity (Wildman–Crippen MR) is 106 cm³/mol. The van der Waals surface area contributed by atoms with Gasteiger partial charge in [0.15, 0.2) is 0 Å². The summed E-state index contributed by atoms with van der Waals surface area (Å²) < 4.78 is 13.6. The molecule has 5 nitrogen and oxygen atoms in total. The molecule has 6 heteroatoms. The Balaban J connectivity index is 1.26. The van der Waals surface area contributed by atoms with Gasteiger partial charge in [-0.3, -0.25) is 9.59 Å². The Morgan fingerprint density at radius 2 is 1.64 bits per heavy atom. The highest BCUT2D eigenvalue weighted by Crippen LogP contribution is 2.39. The predicted octanol–water partition coefficient (Wildman–Crippen LogP) is 3.32. The Hall–Kier alpha value is -2.89. The summed E-state index contributed by atoms with van der Waals surface area (Å²) in [7, 11) is 0. The van der Waals surface area contributed by atoms with Crippen LogP contribution < -0.4 is 15.5 Å². The summed E-state index contributed by atoms with van der Waals surface area (Å²) in [6, 6.07) is 14.2. The number of nitrogens with one attached hydrogen (secondary N) is 2. The molecule has 2 atom stereocenters. The molecule has 1 aliphatic heterocycles. The summed E-state index contributed by atoms with van der Waals surface area (Å²) in [6.07, 6.45) is 2.97. The van der Waals surface area contributed by atoms with Gasteiger partial charge in [-0.15, -0.1) is 0 Å². The minimum Gasteiger partial charge on any atom is -0.372 e. The van der Waals surface area contributed by atoms with Crippen LogP contribution in [0.1, 0.15) is 24.8 Å². The normalized spacial score (nSPS) is 20.7. The van der Waals surface area contributed by atoms with Crippen molar-refractivity contribution < 1.29 is 14.0 Å². The Morgan fingerprint density at radius 1 is 0.964 bits per heavy atom. The molecule has 0 bridgehead atoms. The second kappa shape index (κ2) is 8.00. The molecule has 2 aromatic rings. The zero-order valence-corrected chi connectivity index (χ0v) is 15.7. The minimum absolute atomic E-state index is 0.133. The van der Waals surface area contributed by atoms with Crippen LogP contribution in [0.2, 0.25) is 0 Å². The highest BCUT2D eigenvalue weighted by Gasteiger charge is 2.47. The molecule has 4 rings (SSSR count). The topological polar surface area (TPSA) is 61.4 Å². The number of benzene rings is 2. The molecular formula is C22H24FN3O2. The largest absolute Gasteiger partial charge is 0.372 e. The molecule has 1 saturated carbocycles. The third-order valence-corrected chi connectivity index (χ3v) is 5.48. The van der Waals surface area contributed by atoms with E-state index in [0.29, 0.717) is 12.0 Å². The molecule has 146 valence electrons. The van der Waals surface area contributed by atoms with Crippen molar-refractivity contribution in [1.29, 1.82) is 0 Å². The summed E-state index contributed by atoms with van der Waals surface area (Å²) in [5.41, 5.74) is 2.35. The first-order valence-corrected chi connectivity index (χ1v) is 9.79. The minimum atomic E-state index is -0.342. The number of carbonyl (C=O) groups is 2. The molecule has 0 radical (unpaired) electrons. The first kappa shape index (κ1) is 18.5. The lowest BCUT2D eigenvalue weighted by molar-refractivity contribution is -0.125. The van der Waals surface area contributed by atoms with E-state index in [1.54, 1.807) is 18.2 Å². The van der Waals surface area contributed by atoms with Crippen molar-refractivity contribution in [2.24, 2.45) is 11.8 Å². The van der Waals surface area contributed by atoms with Crippen molar-refractivity contribution in [2.45, 2.75) is 25.8 Å². The molecule has 2 aromatic carbocycles. The van der Waals surface area contributed by atoms with Gasteiger partial charge < -0.3 is 15.5 Å². The van der Waals surface area contributed by atoms with Crippen LogP contribution in [0, 0.1) is 17.7 Å². The lowest BCUT2D eigenvalue weighted by Crippen LogP contribution is -2.27. The molecule has 1 heterocycles. The fourth-order valence-electron chi connectivity index (χ4n) is 3.70. The number of hydrogen-bond donors (Lipinski definition) is 2. The third kappa shape index (κ3) is 4.16. The van der Waals surface area contributed by atoms with Gasteiger partial charge in [0.1, 0.15) is 5.82 Å². The van der Waals surface area contributed by atoms with Crippen molar-refractivity contribution in [3.8, 4) is 0 Å². The molecule has 0 spiro atoms. The SMILES string of the molecule is O=C(NCc1ccccc1F)C1CC1C(=O)Nc1ccc(N2CCCC2)cc1. The summed E-state index contributed by atoms with van der Waals surface area (Å²) in [4.78, 5) is 27.0. The van der Waals surface area contributed by atoms with Crippen LogP contribution in [0.25, 0.3) is 0 Å². The van der Waals surface area contributed by atoms with Crippen LogP contribution >= 0.6 is 0 Å². The second-order valence-electron chi connectivity index (χ2n) is 7.49. The van der Waals surface area contributed by atoms with Gasteiger partial charge in [0, 0.05) is 36.6 Å². The number of anilines is 2. The van der Waals surface area contributed by atoms with Crippen molar-refractivity contribution in [3.63, 3.8) is 0 Å². The summed E-state index contributed by atoms with van der Waals surface area (Å²) >= 11 is 0. The molecule has 2 aliphatic rings. The van der Waals surface area contributed by atoms with Crippen molar-refractivity contribution in [1.82, 2.24) is 5.32 Å². The lowest BCUT2D eigenvalue weighted by Gasteiger charge is -2.17. The maximum atomic E-state index is 13.6. The summed E-state index contributed by atoms with van der Waals surface area (Å²) in [5.74, 6) is -1.34. The van der Waals surface area contributed by atoms with E-state index >= 15 is 0 Å². The molecular weight excluding hydrogens is 357 g/mol. The van der Waals surface area contributed by atoms with E-state index in [1.807, 2.05) is 24.3 Å². The van der Waals surface area contributed by atoms with E-state index in [0.717, 1.165) is 18.8 Å². The van der Waals surface area contributed by atoms with Gasteiger partial charge in [0.05, 0.1) is 11.8 Å². The number of rotatable bonds is 6. The monoisotopic (exact) mass is 381 g/mol. The van der Waals surface area contributed by atoms with Gasteiger partial charge in [0.25, 0.3) is 0 Å². The average molecular weight is 381 g/mol. The first-order chi connectivity index (χ1) is 13.6. The average Bonchev–Trinajstić information content (AvgIpc) is 3.33. The molecule has 1 saturated heterocycles. The van der Waals surface area contributed by atoms with E-state index in [2.05, 4.69) is 15.5 Å². The highest BCUT2D eigenvalue weighted by molar-refractivity contribution is 5.99. The zero-order valence-electron chi connectivity index (χ0n) is 15.7. The van der Waals surface area contributed by atoms with Crippen molar-refractivity contribution in [2.75, 3.05) is 23.3 Å². The van der Waals surface area contributed by atoms with E-state index in [-0.39, 0.29) is 36.0 Å². The van der Waals surface area contributed by atoms with E-state index in [1.165, 1.54) is 24.6 Å². The standard InChI is InChI=1S/C22H24FN3O2/c23-20-6-2-1-5-15(20)14-24-21(27)18-13-19(18)22(28)25-16-7-9-17(10-8-16)26-11-3-4-12-26/h1-2,5-10,18-19H,3-4,11-14H2,(H,24,27)(H,25,28). The quantitative estimate of drug-likeness (QED) is 0.807.